The van der Waals surface area contributed by atoms with Gasteiger partial charge in [-0.05, 0) is 6.42 Å². The van der Waals surface area contributed by atoms with E-state index in [0.29, 0.717) is 13.0 Å². The van der Waals surface area contributed by atoms with Crippen LogP contribution in [0.2, 0.25) is 0 Å². The molecule has 3 aliphatic rings. The van der Waals surface area contributed by atoms with Crippen LogP contribution in [0.1, 0.15) is 6.42 Å². The molecule has 0 bridgehead atoms. The Kier molecular flexibility index (Phi) is 2.05. The van der Waals surface area contributed by atoms with Gasteiger partial charge in [0.1, 0.15) is 5.25 Å². The number of aromatic amines is 1. The summed E-state index contributed by atoms with van der Waals surface area (Å²) < 4.78 is 30.5. The van der Waals surface area contributed by atoms with Gasteiger partial charge < -0.3 is 4.74 Å². The predicted octanol–water partition coefficient (Wildman–Crippen LogP) is 0.283. The molecule has 1 saturated heterocycles. The van der Waals surface area contributed by atoms with E-state index < -0.39 is 15.3 Å². The topological polar surface area (TPSA) is 77.0 Å². The number of hydrogen-bond acceptors (Lipinski definition) is 4. The highest BCUT2D eigenvalue weighted by Gasteiger charge is 2.32. The molecule has 0 saturated carbocycles. The third-order valence-corrected chi connectivity index (χ3v) is 4.76. The highest BCUT2D eigenvalue weighted by molar-refractivity contribution is 7.90. The Hall–Kier alpha value is -1.34. The molecule has 0 amide bonds. The Bertz CT molecular complexity index is 539. The van der Waals surface area contributed by atoms with Gasteiger partial charge in [-0.25, -0.2) is 8.42 Å². The Balaban J connectivity index is 2.04. The van der Waals surface area contributed by atoms with Gasteiger partial charge in [-0.3, -0.25) is 10.1 Å². The Morgan fingerprint density at radius 2 is 2.38 bits per heavy atom. The van der Waals surface area contributed by atoms with Crippen molar-refractivity contribution >= 4 is 10.0 Å². The number of rotatable bonds is 2. The first-order chi connectivity index (χ1) is 7.68. The zero-order valence-electron chi connectivity index (χ0n) is 8.46. The second kappa shape index (κ2) is 3.33. The average molecular weight is 241 g/mol. The summed E-state index contributed by atoms with van der Waals surface area (Å²) in [5, 5.41) is 2.35. The highest BCUT2D eigenvalue weighted by atomic mass is 32.2. The summed E-state index contributed by atoms with van der Waals surface area (Å²) in [6.07, 6.45) is 5.34. The first kappa shape index (κ1) is 9.86. The number of hydrogen-bond donors (Lipinski definition) is 1. The molecule has 1 fully saturated rings. The van der Waals surface area contributed by atoms with Crippen molar-refractivity contribution < 1.29 is 13.2 Å². The fourth-order valence-corrected chi connectivity index (χ4v) is 3.32. The average Bonchev–Trinajstić information content (AvgIpc) is 2.94. The third kappa shape index (κ3) is 1.35. The maximum Gasteiger partial charge on any atom is 0.257 e. The Morgan fingerprint density at radius 3 is 3.06 bits per heavy atom. The lowest BCUT2D eigenvalue weighted by Gasteiger charge is -2.09. The zero-order valence-corrected chi connectivity index (χ0v) is 9.27. The van der Waals surface area contributed by atoms with Crippen molar-refractivity contribution in [1.29, 1.82) is 0 Å². The van der Waals surface area contributed by atoms with Crippen molar-refractivity contribution in [2.45, 2.75) is 11.7 Å². The first-order valence-corrected chi connectivity index (χ1v) is 6.51. The molecule has 1 N–H and O–H groups in total. The summed E-state index contributed by atoms with van der Waals surface area (Å²) >= 11 is 0. The van der Waals surface area contributed by atoms with E-state index >= 15 is 0 Å². The molecule has 0 aromatic carbocycles. The standard InChI is InChI=1S/C9H11N3O3S/c13-16(14,8-1-2-15-6-8)12-5-7-3-10-4-9(7)11-12/h3-5,8,11H,1-2,6H2/t8-/m0/s1. The van der Waals surface area contributed by atoms with Crippen LogP contribution < -0.4 is 0 Å². The second-order valence-electron chi connectivity index (χ2n) is 3.84. The molecule has 6 nitrogen and oxygen atoms in total. The molecule has 7 heteroatoms. The summed E-state index contributed by atoms with van der Waals surface area (Å²) in [4.78, 5) is 3.92. The van der Waals surface area contributed by atoms with Gasteiger partial charge in [0.25, 0.3) is 10.0 Å². The van der Waals surface area contributed by atoms with Gasteiger partial charge in [0, 0.05) is 24.6 Å². The Labute approximate surface area is 92.6 Å². The molecule has 1 atom stereocenters. The SMILES string of the molecule is O=S(=O)([C@H]1CCOC1)n1cc2cncc-2[nH]1. The van der Waals surface area contributed by atoms with E-state index in [9.17, 15) is 8.42 Å². The van der Waals surface area contributed by atoms with Crippen molar-refractivity contribution in [3.05, 3.63) is 18.6 Å². The lowest BCUT2D eigenvalue weighted by molar-refractivity contribution is 0.198. The van der Waals surface area contributed by atoms with E-state index in [2.05, 4.69) is 10.1 Å². The number of ether oxygens (including phenoxy) is 1. The maximum absolute atomic E-state index is 12.1. The fourth-order valence-electron chi connectivity index (χ4n) is 1.86. The van der Waals surface area contributed by atoms with E-state index in [-0.39, 0.29) is 6.61 Å². The van der Waals surface area contributed by atoms with E-state index in [1.54, 1.807) is 18.6 Å². The van der Waals surface area contributed by atoms with Crippen LogP contribution in [0.15, 0.2) is 18.6 Å². The van der Waals surface area contributed by atoms with Gasteiger partial charge in [-0.2, -0.15) is 4.09 Å². The number of nitrogens with one attached hydrogen (secondary N) is 1. The summed E-state index contributed by atoms with van der Waals surface area (Å²) in [5.41, 5.74) is 1.52. The highest BCUT2D eigenvalue weighted by Crippen LogP contribution is 2.22. The van der Waals surface area contributed by atoms with Gasteiger partial charge in [0.05, 0.1) is 18.5 Å². The summed E-state index contributed by atoms with van der Waals surface area (Å²) in [7, 11) is -3.36. The van der Waals surface area contributed by atoms with E-state index in [1.165, 1.54) is 4.09 Å². The number of fused-ring (bicyclic) bond motifs is 1. The fraction of sp³-hybridized carbons (Fsp3) is 0.444. The van der Waals surface area contributed by atoms with E-state index in [4.69, 9.17) is 4.74 Å². The minimum Gasteiger partial charge on any atom is -0.380 e. The normalized spacial score (nSPS) is 21.9. The number of nitrogens with zero attached hydrogens (tertiary/aromatic N) is 2. The predicted molar refractivity (Wildman–Crippen MR) is 56.7 cm³/mol. The van der Waals surface area contributed by atoms with Crippen molar-refractivity contribution in [1.82, 2.24) is 14.2 Å². The number of aromatic nitrogens is 3. The summed E-state index contributed by atoms with van der Waals surface area (Å²) in [6, 6.07) is 0. The van der Waals surface area contributed by atoms with Gasteiger partial charge in [0.2, 0.25) is 0 Å². The maximum atomic E-state index is 12.1. The molecule has 0 aliphatic carbocycles. The lowest BCUT2D eigenvalue weighted by atomic mass is 10.3. The Morgan fingerprint density at radius 1 is 1.50 bits per heavy atom. The molecule has 3 heterocycles. The van der Waals surface area contributed by atoms with Crippen LogP contribution in [0, 0.1) is 0 Å². The smallest absolute Gasteiger partial charge is 0.257 e. The molecule has 0 aromatic heterocycles. The van der Waals surface area contributed by atoms with Crippen molar-refractivity contribution in [3.8, 4) is 11.3 Å². The minimum absolute atomic E-state index is 0.275. The molecule has 0 aromatic rings. The van der Waals surface area contributed by atoms with Crippen LogP contribution in [-0.2, 0) is 14.8 Å². The van der Waals surface area contributed by atoms with Crippen molar-refractivity contribution in [2.24, 2.45) is 0 Å². The summed E-state index contributed by atoms with van der Waals surface area (Å²) in [6.45, 7) is 0.787. The van der Waals surface area contributed by atoms with E-state index in [1.807, 2.05) is 0 Å². The van der Waals surface area contributed by atoms with Crippen molar-refractivity contribution in [2.75, 3.05) is 13.2 Å². The molecule has 3 aliphatic heterocycles. The minimum atomic E-state index is -3.36. The summed E-state index contributed by atoms with van der Waals surface area (Å²) in [5.74, 6) is 0. The van der Waals surface area contributed by atoms with Crippen LogP contribution in [-0.4, -0.2) is 41.1 Å². The molecule has 0 radical (unpaired) electrons. The second-order valence-corrected chi connectivity index (χ2v) is 5.93. The van der Waals surface area contributed by atoms with Crippen LogP contribution in [0.5, 0.6) is 0 Å². The quantitative estimate of drug-likeness (QED) is 0.819. The van der Waals surface area contributed by atoms with Gasteiger partial charge >= 0.3 is 0 Å². The molecule has 0 spiro atoms. The molecule has 0 unspecified atom stereocenters. The van der Waals surface area contributed by atoms with E-state index in [0.717, 1.165) is 11.3 Å². The monoisotopic (exact) mass is 241 g/mol. The molecule has 16 heavy (non-hydrogen) atoms. The molecular formula is C9H11N3O3S. The molecular weight excluding hydrogens is 230 g/mol. The van der Waals surface area contributed by atoms with Crippen molar-refractivity contribution in [3.63, 3.8) is 0 Å². The van der Waals surface area contributed by atoms with Crippen LogP contribution in [0.25, 0.3) is 11.3 Å². The molecule has 86 valence electrons. The van der Waals surface area contributed by atoms with Gasteiger partial charge in [-0.1, -0.05) is 0 Å². The van der Waals surface area contributed by atoms with Gasteiger partial charge in [-0.15, -0.1) is 0 Å². The zero-order chi connectivity index (χ0) is 11.2. The third-order valence-electron chi connectivity index (χ3n) is 2.80. The van der Waals surface area contributed by atoms with Crippen LogP contribution >= 0.6 is 0 Å². The van der Waals surface area contributed by atoms with Crippen LogP contribution in [0.4, 0.5) is 0 Å². The van der Waals surface area contributed by atoms with Gasteiger partial charge in [0.15, 0.2) is 0 Å². The van der Waals surface area contributed by atoms with Crippen LogP contribution in [0.3, 0.4) is 0 Å². The number of H-pyrrole nitrogens is 1. The lowest BCUT2D eigenvalue weighted by Crippen LogP contribution is -2.28. The largest absolute Gasteiger partial charge is 0.380 e. The molecule has 3 rings (SSSR count). The first-order valence-electron chi connectivity index (χ1n) is 5.01.